The molecule has 0 spiro atoms. The largest absolute Gasteiger partial charge is 0.481 e. The summed E-state index contributed by atoms with van der Waals surface area (Å²) in [5, 5.41) is 26.5. The molecule has 24 nitrogen and oxygen atoms in total. The maximum absolute atomic E-state index is 12.8. The van der Waals surface area contributed by atoms with Crippen LogP contribution in [0.15, 0.2) is 73.4 Å². The van der Waals surface area contributed by atoms with Gasteiger partial charge in [0.1, 0.15) is 36.3 Å². The number of ether oxygens (including phenoxy) is 1. The predicted molar refractivity (Wildman–Crippen MR) is 274 cm³/mol. The molecule has 0 saturated carbocycles. The summed E-state index contributed by atoms with van der Waals surface area (Å²) in [5.74, 6) is -1.13. The lowest BCUT2D eigenvalue weighted by molar-refractivity contribution is -0.137. The van der Waals surface area contributed by atoms with Gasteiger partial charge < -0.3 is 50.9 Å². The number of hydrogen-bond donors (Lipinski definition) is 9. The third kappa shape index (κ3) is 25.1. The van der Waals surface area contributed by atoms with Crippen molar-refractivity contribution in [1.82, 2.24) is 30.2 Å². The van der Waals surface area contributed by atoms with Gasteiger partial charge in [-0.3, -0.25) is 32.5 Å². The average Bonchev–Trinajstić information content (AvgIpc) is 3.88. The van der Waals surface area contributed by atoms with Gasteiger partial charge in [-0.1, -0.05) is 106 Å². The van der Waals surface area contributed by atoms with E-state index in [2.05, 4.69) is 90.0 Å². The molecular formula is C45H72N7O17P3S. The van der Waals surface area contributed by atoms with Gasteiger partial charge in [0, 0.05) is 30.7 Å². The molecule has 7 unspecified atom stereocenters. The van der Waals surface area contributed by atoms with Crippen LogP contribution in [-0.4, -0.2) is 123 Å². The molecule has 28 heteroatoms. The number of allylic oxidation sites excluding steroid dienone is 9. The number of aliphatic hydroxyl groups excluding tert-OH is 2. The van der Waals surface area contributed by atoms with Crippen LogP contribution >= 0.6 is 35.2 Å². The molecule has 3 heterocycles. The SMILES string of the molecule is CCCCCC=CCC=CCC=CCC=CCCCCCC=CC(=O)SCCNC(=O)CCNC(=O)C(O)C(C)(C)COP(=O)(O)OP(=O)(O)OCC1OC(n2cnc3c(N)ncnc32)C(O)C1OP(=O)(O)O. The summed E-state index contributed by atoms with van der Waals surface area (Å²) >= 11 is 1.05. The van der Waals surface area contributed by atoms with Crippen LogP contribution in [0.2, 0.25) is 0 Å². The van der Waals surface area contributed by atoms with Gasteiger partial charge >= 0.3 is 23.5 Å². The molecule has 1 saturated heterocycles. The first-order chi connectivity index (χ1) is 34.6. The quantitative estimate of drug-likeness (QED) is 0.0160. The molecular weight excluding hydrogens is 1040 g/mol. The van der Waals surface area contributed by atoms with Crippen molar-refractivity contribution < 1.29 is 80.5 Å². The van der Waals surface area contributed by atoms with Crippen LogP contribution < -0.4 is 16.4 Å². The standard InChI is InChI=1S/C45H72N7O17P3S/c1-4-5-6-7-8-9-10-11-12-13-14-15-16-17-18-19-20-21-22-23-24-25-36(54)73-29-28-47-35(53)26-27-48-43(57)40(56)45(2,3)31-66-72(63,64)69-71(61,62)65-30-34-39(68-70(58,59)60)38(55)44(67-34)52-33-51-37-41(46)49-32-50-42(37)52/h8-9,11-12,14-15,17-18,24-25,32-34,38-40,44,55-56H,4-7,10,13,16,19-23,26-31H2,1-3H3,(H,47,53)(H,48,57)(H,61,62)(H,63,64)(H2,46,49,50)(H2,58,59,60). The van der Waals surface area contributed by atoms with Crippen molar-refractivity contribution >= 4 is 69.1 Å². The number of nitrogens with two attached hydrogens (primary N) is 1. The number of thioether (sulfide) groups is 1. The van der Waals surface area contributed by atoms with E-state index in [9.17, 15) is 57.9 Å². The zero-order valence-corrected chi connectivity index (χ0v) is 44.8. The van der Waals surface area contributed by atoms with Crippen molar-refractivity contribution in [3.8, 4) is 0 Å². The zero-order chi connectivity index (χ0) is 53.9. The summed E-state index contributed by atoms with van der Waals surface area (Å²) in [6, 6.07) is 0. The highest BCUT2D eigenvalue weighted by Gasteiger charge is 2.50. The lowest BCUT2D eigenvalue weighted by atomic mass is 9.87. The highest BCUT2D eigenvalue weighted by Crippen LogP contribution is 2.61. The number of carbonyl (C=O) groups is 3. The van der Waals surface area contributed by atoms with Crippen LogP contribution in [-0.2, 0) is 50.7 Å². The Morgan fingerprint density at radius 3 is 2.08 bits per heavy atom. The number of phosphoric acid groups is 3. The molecule has 10 N–H and O–H groups in total. The molecule has 1 aliphatic heterocycles. The van der Waals surface area contributed by atoms with E-state index in [-0.39, 0.29) is 41.6 Å². The molecule has 2 aromatic heterocycles. The zero-order valence-electron chi connectivity index (χ0n) is 41.3. The summed E-state index contributed by atoms with van der Waals surface area (Å²) in [7, 11) is -16.4. The van der Waals surface area contributed by atoms with E-state index in [4.69, 9.17) is 19.5 Å². The first kappa shape index (κ1) is 63.6. The second-order valence-corrected chi connectivity index (χ2v) is 22.7. The van der Waals surface area contributed by atoms with Crippen molar-refractivity contribution in [1.29, 1.82) is 0 Å². The number of nitrogens with zero attached hydrogens (tertiary/aromatic N) is 4. The number of imidazole rings is 1. The molecule has 0 aliphatic carbocycles. The Morgan fingerprint density at radius 2 is 1.45 bits per heavy atom. The lowest BCUT2D eigenvalue weighted by Gasteiger charge is -2.30. The molecule has 2 aromatic rings. The molecule has 0 radical (unpaired) electrons. The maximum atomic E-state index is 12.8. The van der Waals surface area contributed by atoms with Gasteiger partial charge in [0.2, 0.25) is 16.9 Å². The molecule has 1 fully saturated rings. The first-order valence-corrected chi connectivity index (χ1v) is 29.4. The minimum absolute atomic E-state index is 0.0300. The Morgan fingerprint density at radius 1 is 0.849 bits per heavy atom. The van der Waals surface area contributed by atoms with Crippen molar-refractivity contribution in [2.24, 2.45) is 5.41 Å². The number of nitrogen functional groups attached to an aromatic ring is 1. The maximum Gasteiger partial charge on any atom is 0.481 e. The number of carbonyl (C=O) groups excluding carboxylic acids is 3. The van der Waals surface area contributed by atoms with Crippen LogP contribution in [0.3, 0.4) is 0 Å². The fourth-order valence-corrected chi connectivity index (χ4v) is 10.2. The molecule has 7 atom stereocenters. The number of nitrogens with one attached hydrogen (secondary N) is 2. The second kappa shape index (κ2) is 32.6. The average molecular weight is 1110 g/mol. The topological polar surface area (TPSA) is 364 Å². The molecule has 1 aliphatic rings. The van der Waals surface area contributed by atoms with Gasteiger partial charge in [-0.25, -0.2) is 28.6 Å². The van der Waals surface area contributed by atoms with E-state index >= 15 is 0 Å². The number of fused-ring (bicyclic) bond motifs is 1. The van der Waals surface area contributed by atoms with E-state index in [1.165, 1.54) is 45.6 Å². The van der Waals surface area contributed by atoms with Crippen molar-refractivity contribution in [3.05, 3.63) is 73.4 Å². The minimum Gasteiger partial charge on any atom is -0.386 e. The monoisotopic (exact) mass is 1110 g/mol. The van der Waals surface area contributed by atoms with Crippen molar-refractivity contribution in [2.75, 3.05) is 37.8 Å². The van der Waals surface area contributed by atoms with Crippen molar-refractivity contribution in [3.63, 3.8) is 0 Å². The fourth-order valence-electron chi connectivity index (χ4n) is 6.77. The number of unbranched alkanes of at least 4 members (excludes halogenated alkanes) is 7. The van der Waals surface area contributed by atoms with Gasteiger partial charge in [0.25, 0.3) is 0 Å². The highest BCUT2D eigenvalue weighted by molar-refractivity contribution is 8.14. The second-order valence-electron chi connectivity index (χ2n) is 17.4. The van der Waals surface area contributed by atoms with Gasteiger partial charge in [-0.15, -0.1) is 0 Å². The summed E-state index contributed by atoms with van der Waals surface area (Å²) < 4.78 is 62.5. The molecule has 73 heavy (non-hydrogen) atoms. The van der Waals surface area contributed by atoms with Gasteiger partial charge in [0.15, 0.2) is 17.7 Å². The summed E-state index contributed by atoms with van der Waals surface area (Å²) in [4.78, 5) is 88.4. The highest BCUT2D eigenvalue weighted by atomic mass is 32.2. The Kier molecular flexibility index (Phi) is 28.4. The van der Waals surface area contributed by atoms with Crippen LogP contribution in [0.25, 0.3) is 11.2 Å². The Bertz CT molecular complexity index is 2340. The smallest absolute Gasteiger partial charge is 0.386 e. The van der Waals surface area contributed by atoms with Crippen LogP contribution in [0.5, 0.6) is 0 Å². The van der Waals surface area contributed by atoms with Crippen molar-refractivity contribution in [2.45, 2.75) is 135 Å². The predicted octanol–water partition coefficient (Wildman–Crippen LogP) is 6.15. The third-order valence-electron chi connectivity index (χ3n) is 10.7. The van der Waals surface area contributed by atoms with E-state index in [0.717, 1.165) is 80.4 Å². The minimum atomic E-state index is -5.58. The Balaban J connectivity index is 1.27. The number of hydrogen-bond acceptors (Lipinski definition) is 18. The van der Waals surface area contributed by atoms with Gasteiger partial charge in [-0.05, 0) is 63.9 Å². The number of aromatic nitrogens is 4. The van der Waals surface area contributed by atoms with E-state index in [1.54, 1.807) is 0 Å². The number of anilines is 1. The van der Waals surface area contributed by atoms with Gasteiger partial charge in [-0.2, -0.15) is 4.31 Å². The third-order valence-corrected chi connectivity index (χ3v) is 14.6. The van der Waals surface area contributed by atoms with Gasteiger partial charge in [0.05, 0.1) is 19.5 Å². The Hall–Kier alpha value is -3.74. The van der Waals surface area contributed by atoms with E-state index in [1.807, 2.05) is 6.08 Å². The first-order valence-electron chi connectivity index (χ1n) is 23.9. The molecule has 410 valence electrons. The summed E-state index contributed by atoms with van der Waals surface area (Å²) in [5.41, 5.74) is 4.27. The van der Waals surface area contributed by atoms with Crippen LogP contribution in [0.1, 0.15) is 110 Å². The number of phosphoric ester groups is 3. The lowest BCUT2D eigenvalue weighted by Crippen LogP contribution is -2.46. The van der Waals surface area contributed by atoms with Crippen LogP contribution in [0.4, 0.5) is 5.82 Å². The van der Waals surface area contributed by atoms with E-state index in [0.29, 0.717) is 5.75 Å². The number of aliphatic hydroxyl groups is 2. The summed E-state index contributed by atoms with van der Waals surface area (Å²) in [6.45, 7) is 2.70. The Labute approximate surface area is 429 Å². The fraction of sp³-hybridized carbons (Fsp3) is 0.600. The van der Waals surface area contributed by atoms with Crippen LogP contribution in [0, 0.1) is 5.41 Å². The van der Waals surface area contributed by atoms with E-state index < -0.39 is 84.6 Å². The number of amides is 2. The summed E-state index contributed by atoms with van der Waals surface area (Å²) in [6.07, 6.45) is 26.9. The molecule has 0 bridgehead atoms. The molecule has 3 rings (SSSR count). The molecule has 2 amide bonds. The molecule has 0 aromatic carbocycles. The number of rotatable bonds is 36. The normalized spacial score (nSPS) is 20.0.